The van der Waals surface area contributed by atoms with Crippen LogP contribution in [0.2, 0.25) is 0 Å². The van der Waals surface area contributed by atoms with E-state index in [4.69, 9.17) is 4.42 Å². The molecular formula is C17H24N2O. The minimum Gasteiger partial charge on any atom is -0.460 e. The van der Waals surface area contributed by atoms with Crippen LogP contribution in [0.3, 0.4) is 0 Å². The van der Waals surface area contributed by atoms with Crippen LogP contribution in [-0.2, 0) is 6.54 Å². The average Bonchev–Trinajstić information content (AvgIpc) is 3.05. The lowest BCUT2D eigenvalue weighted by Crippen LogP contribution is -2.40. The van der Waals surface area contributed by atoms with E-state index in [-0.39, 0.29) is 0 Å². The van der Waals surface area contributed by atoms with Crippen molar-refractivity contribution in [2.75, 3.05) is 13.1 Å². The van der Waals surface area contributed by atoms with Gasteiger partial charge in [-0.15, -0.1) is 0 Å². The zero-order valence-electron chi connectivity index (χ0n) is 12.4. The molecule has 0 amide bonds. The third kappa shape index (κ3) is 3.05. The molecule has 3 rings (SSSR count). The van der Waals surface area contributed by atoms with E-state index in [1.54, 1.807) is 0 Å². The molecule has 1 fully saturated rings. The number of rotatable bonds is 5. The van der Waals surface area contributed by atoms with Crippen molar-refractivity contribution in [1.29, 1.82) is 0 Å². The highest BCUT2D eigenvalue weighted by Crippen LogP contribution is 2.21. The van der Waals surface area contributed by atoms with E-state index in [2.05, 4.69) is 42.3 Å². The molecule has 0 spiro atoms. The molecule has 0 radical (unpaired) electrons. The number of fused-ring (bicyclic) bond motifs is 1. The van der Waals surface area contributed by atoms with Gasteiger partial charge in [0.25, 0.3) is 0 Å². The summed E-state index contributed by atoms with van der Waals surface area (Å²) in [5.74, 6) is 1.07. The van der Waals surface area contributed by atoms with Gasteiger partial charge < -0.3 is 9.73 Å². The minimum atomic E-state index is 0.533. The zero-order valence-corrected chi connectivity index (χ0v) is 12.4. The van der Waals surface area contributed by atoms with Gasteiger partial charge in [0.2, 0.25) is 0 Å². The SMILES string of the molecule is CC(C)N(Cc1cc2ccccc2o1)CC1CCCN1. The van der Waals surface area contributed by atoms with Gasteiger partial charge in [0.1, 0.15) is 11.3 Å². The number of nitrogens with zero attached hydrogens (tertiary/aromatic N) is 1. The molecule has 1 atom stereocenters. The predicted octanol–water partition coefficient (Wildman–Crippen LogP) is 3.40. The molecule has 3 heteroatoms. The van der Waals surface area contributed by atoms with Crippen molar-refractivity contribution in [3.05, 3.63) is 36.1 Å². The molecule has 0 saturated carbocycles. The molecule has 1 aliphatic heterocycles. The maximum atomic E-state index is 5.95. The van der Waals surface area contributed by atoms with Gasteiger partial charge in [-0.2, -0.15) is 0 Å². The van der Waals surface area contributed by atoms with Crippen LogP contribution < -0.4 is 5.32 Å². The molecule has 20 heavy (non-hydrogen) atoms. The smallest absolute Gasteiger partial charge is 0.134 e. The average molecular weight is 272 g/mol. The summed E-state index contributed by atoms with van der Waals surface area (Å²) in [4.78, 5) is 2.50. The van der Waals surface area contributed by atoms with Crippen LogP contribution in [0.25, 0.3) is 11.0 Å². The normalized spacial score (nSPS) is 19.5. The zero-order chi connectivity index (χ0) is 13.9. The molecule has 0 bridgehead atoms. The molecule has 2 heterocycles. The van der Waals surface area contributed by atoms with Crippen molar-refractivity contribution in [1.82, 2.24) is 10.2 Å². The van der Waals surface area contributed by atoms with Crippen LogP contribution in [0.5, 0.6) is 0 Å². The highest BCUT2D eigenvalue weighted by Gasteiger charge is 2.20. The summed E-state index contributed by atoms with van der Waals surface area (Å²) in [6, 6.07) is 11.6. The molecule has 108 valence electrons. The fourth-order valence-corrected chi connectivity index (χ4v) is 2.97. The van der Waals surface area contributed by atoms with Crippen molar-refractivity contribution < 1.29 is 4.42 Å². The van der Waals surface area contributed by atoms with Gasteiger partial charge in [-0.25, -0.2) is 0 Å². The Hall–Kier alpha value is -1.32. The third-order valence-corrected chi connectivity index (χ3v) is 4.18. The number of furan rings is 1. The first-order valence-corrected chi connectivity index (χ1v) is 7.67. The van der Waals surface area contributed by atoms with Crippen molar-refractivity contribution >= 4 is 11.0 Å². The molecule has 1 unspecified atom stereocenters. The van der Waals surface area contributed by atoms with Gasteiger partial charge in [0.05, 0.1) is 6.54 Å². The molecule has 1 aromatic carbocycles. The van der Waals surface area contributed by atoms with E-state index in [1.807, 2.05) is 12.1 Å². The number of benzene rings is 1. The summed E-state index contributed by atoms with van der Waals surface area (Å²) in [6.45, 7) is 7.69. The molecule has 2 aromatic rings. The van der Waals surface area contributed by atoms with E-state index >= 15 is 0 Å². The lowest BCUT2D eigenvalue weighted by molar-refractivity contribution is 0.181. The molecular weight excluding hydrogens is 248 g/mol. The molecule has 1 aromatic heterocycles. The Morgan fingerprint density at radius 2 is 2.20 bits per heavy atom. The van der Waals surface area contributed by atoms with E-state index in [0.717, 1.165) is 24.4 Å². The first kappa shape index (κ1) is 13.7. The molecule has 1 aliphatic rings. The topological polar surface area (TPSA) is 28.4 Å². The summed E-state index contributed by atoms with van der Waals surface area (Å²) in [7, 11) is 0. The lowest BCUT2D eigenvalue weighted by atomic mass is 10.2. The van der Waals surface area contributed by atoms with Crippen LogP contribution in [0.4, 0.5) is 0 Å². The van der Waals surface area contributed by atoms with Crippen LogP contribution in [0.15, 0.2) is 34.7 Å². The van der Waals surface area contributed by atoms with Gasteiger partial charge in [-0.1, -0.05) is 18.2 Å². The largest absolute Gasteiger partial charge is 0.460 e. The standard InChI is InChI=1S/C17H24N2O/c1-13(2)19(11-15-7-5-9-18-15)12-16-10-14-6-3-4-8-17(14)20-16/h3-4,6,8,10,13,15,18H,5,7,9,11-12H2,1-2H3. The maximum absolute atomic E-state index is 5.95. The Morgan fingerprint density at radius 1 is 1.35 bits per heavy atom. The fourth-order valence-electron chi connectivity index (χ4n) is 2.97. The second-order valence-electron chi connectivity index (χ2n) is 6.07. The molecule has 3 nitrogen and oxygen atoms in total. The van der Waals surface area contributed by atoms with Gasteiger partial charge in [-0.05, 0) is 45.4 Å². The van der Waals surface area contributed by atoms with Crippen LogP contribution >= 0.6 is 0 Å². The summed E-state index contributed by atoms with van der Waals surface area (Å²) < 4.78 is 5.95. The monoisotopic (exact) mass is 272 g/mol. The molecule has 0 aliphatic carbocycles. The van der Waals surface area contributed by atoms with Crippen molar-refractivity contribution in [3.8, 4) is 0 Å². The van der Waals surface area contributed by atoms with E-state index in [9.17, 15) is 0 Å². The first-order chi connectivity index (χ1) is 9.72. The maximum Gasteiger partial charge on any atom is 0.134 e. The van der Waals surface area contributed by atoms with Crippen LogP contribution in [0, 0.1) is 0 Å². The van der Waals surface area contributed by atoms with Gasteiger partial charge in [-0.3, -0.25) is 4.90 Å². The first-order valence-electron chi connectivity index (χ1n) is 7.67. The van der Waals surface area contributed by atoms with Gasteiger partial charge >= 0.3 is 0 Å². The summed E-state index contributed by atoms with van der Waals surface area (Å²) in [5, 5.41) is 4.78. The third-order valence-electron chi connectivity index (χ3n) is 4.18. The number of hydrogen-bond donors (Lipinski definition) is 1. The van der Waals surface area contributed by atoms with Crippen molar-refractivity contribution in [2.24, 2.45) is 0 Å². The Kier molecular flexibility index (Phi) is 4.08. The van der Waals surface area contributed by atoms with Crippen molar-refractivity contribution in [2.45, 2.75) is 45.3 Å². The Bertz CT molecular complexity index is 522. The lowest BCUT2D eigenvalue weighted by Gasteiger charge is -2.28. The summed E-state index contributed by atoms with van der Waals surface area (Å²) in [5.41, 5.74) is 0.991. The van der Waals surface area contributed by atoms with Crippen molar-refractivity contribution in [3.63, 3.8) is 0 Å². The number of para-hydroxylation sites is 1. The van der Waals surface area contributed by atoms with Gasteiger partial charge in [0, 0.05) is 24.0 Å². The second-order valence-corrected chi connectivity index (χ2v) is 6.07. The minimum absolute atomic E-state index is 0.533. The van der Waals surface area contributed by atoms with E-state index in [1.165, 1.54) is 24.8 Å². The highest BCUT2D eigenvalue weighted by atomic mass is 16.3. The fraction of sp³-hybridized carbons (Fsp3) is 0.529. The Balaban J connectivity index is 1.71. The van der Waals surface area contributed by atoms with E-state index < -0.39 is 0 Å². The predicted molar refractivity (Wildman–Crippen MR) is 82.8 cm³/mol. The Morgan fingerprint density at radius 3 is 2.90 bits per heavy atom. The Labute approximate surface area is 120 Å². The summed E-state index contributed by atoms with van der Waals surface area (Å²) in [6.07, 6.45) is 2.60. The number of hydrogen-bond acceptors (Lipinski definition) is 3. The quantitative estimate of drug-likeness (QED) is 0.904. The molecule has 1 saturated heterocycles. The molecule has 1 N–H and O–H groups in total. The van der Waals surface area contributed by atoms with E-state index in [0.29, 0.717) is 12.1 Å². The van der Waals surface area contributed by atoms with Crippen LogP contribution in [0.1, 0.15) is 32.4 Å². The number of nitrogens with one attached hydrogen (secondary N) is 1. The summed E-state index contributed by atoms with van der Waals surface area (Å²) >= 11 is 0. The highest BCUT2D eigenvalue weighted by molar-refractivity contribution is 5.77. The second kappa shape index (κ2) is 5.98. The van der Waals surface area contributed by atoms with Gasteiger partial charge in [0.15, 0.2) is 0 Å². The van der Waals surface area contributed by atoms with Crippen LogP contribution in [-0.4, -0.2) is 30.1 Å².